The number of benzene rings is 1. The fourth-order valence-corrected chi connectivity index (χ4v) is 2.51. The van der Waals surface area contributed by atoms with E-state index in [4.69, 9.17) is 9.47 Å². The molecule has 0 unspecified atom stereocenters. The molecule has 0 spiro atoms. The van der Waals surface area contributed by atoms with E-state index >= 15 is 0 Å². The van der Waals surface area contributed by atoms with Crippen LogP contribution in [0, 0.1) is 11.8 Å². The summed E-state index contributed by atoms with van der Waals surface area (Å²) in [5, 5.41) is 2.55. The molecule has 1 aromatic carbocycles. The van der Waals surface area contributed by atoms with Crippen molar-refractivity contribution < 1.29 is 19.1 Å². The highest BCUT2D eigenvalue weighted by Gasteiger charge is 2.08. The lowest BCUT2D eigenvalue weighted by Gasteiger charge is -2.04. The van der Waals surface area contributed by atoms with Crippen LogP contribution in [0.5, 0.6) is 0 Å². The Labute approximate surface area is 144 Å². The summed E-state index contributed by atoms with van der Waals surface area (Å²) in [5.41, 5.74) is 0.920. The van der Waals surface area contributed by atoms with Crippen molar-refractivity contribution in [2.24, 2.45) is 0 Å². The van der Waals surface area contributed by atoms with Crippen LogP contribution < -0.4 is 5.32 Å². The number of esters is 1. The minimum atomic E-state index is -0.522. The van der Waals surface area contributed by atoms with Crippen LogP contribution in [-0.2, 0) is 16.1 Å². The molecule has 0 saturated carbocycles. The van der Waals surface area contributed by atoms with Gasteiger partial charge in [-0.25, -0.2) is 9.59 Å². The van der Waals surface area contributed by atoms with E-state index < -0.39 is 6.09 Å². The van der Waals surface area contributed by atoms with Gasteiger partial charge in [0.15, 0.2) is 0 Å². The van der Waals surface area contributed by atoms with E-state index in [2.05, 4.69) is 17.2 Å². The lowest BCUT2D eigenvalue weighted by molar-refractivity contribution is 0.0532. The summed E-state index contributed by atoms with van der Waals surface area (Å²) >= 11 is 1.26. The van der Waals surface area contributed by atoms with Gasteiger partial charge in [0.2, 0.25) is 0 Å². The van der Waals surface area contributed by atoms with Gasteiger partial charge in [-0.15, -0.1) is 11.3 Å². The maximum Gasteiger partial charge on any atom is 0.408 e. The molecule has 0 atom stereocenters. The number of carbonyl (C=O) groups excluding carboxylic acids is 2. The Morgan fingerprint density at radius 2 is 1.92 bits per heavy atom. The van der Waals surface area contributed by atoms with Gasteiger partial charge < -0.3 is 14.8 Å². The fourth-order valence-electron chi connectivity index (χ4n) is 1.74. The normalized spacial score (nSPS) is 9.54. The molecule has 2 rings (SSSR count). The highest BCUT2D eigenvalue weighted by atomic mass is 32.1. The molecule has 0 saturated heterocycles. The minimum absolute atomic E-state index is 0.167. The largest absolute Gasteiger partial charge is 0.462 e. The molecule has 1 amide bonds. The molecule has 6 heteroatoms. The summed E-state index contributed by atoms with van der Waals surface area (Å²) in [6.07, 6.45) is -0.522. The predicted molar refractivity (Wildman–Crippen MR) is 91.8 cm³/mol. The van der Waals surface area contributed by atoms with Crippen molar-refractivity contribution in [1.29, 1.82) is 0 Å². The van der Waals surface area contributed by atoms with E-state index in [0.717, 1.165) is 10.4 Å². The third kappa shape index (κ3) is 5.78. The van der Waals surface area contributed by atoms with E-state index in [1.165, 1.54) is 11.3 Å². The quantitative estimate of drug-likeness (QED) is 0.669. The molecule has 1 N–H and O–H groups in total. The van der Waals surface area contributed by atoms with Gasteiger partial charge in [-0.3, -0.25) is 0 Å². The third-order valence-corrected chi connectivity index (χ3v) is 3.81. The summed E-state index contributed by atoms with van der Waals surface area (Å²) in [6, 6.07) is 12.8. The predicted octanol–water partition coefficient (Wildman–Crippen LogP) is 3.20. The number of carbonyl (C=O) groups is 2. The number of thiophene rings is 1. The molecular weight excluding hydrogens is 326 g/mol. The number of ether oxygens (including phenoxy) is 2. The average Bonchev–Trinajstić information content (AvgIpc) is 3.07. The van der Waals surface area contributed by atoms with Crippen LogP contribution in [0.1, 0.15) is 27.0 Å². The Bertz CT molecular complexity index is 743. The van der Waals surface area contributed by atoms with Gasteiger partial charge in [-0.1, -0.05) is 42.2 Å². The van der Waals surface area contributed by atoms with E-state index in [1.807, 2.05) is 30.3 Å². The van der Waals surface area contributed by atoms with Crippen LogP contribution in [0.2, 0.25) is 0 Å². The Kier molecular flexibility index (Phi) is 6.87. The van der Waals surface area contributed by atoms with Gasteiger partial charge in [0.25, 0.3) is 0 Å². The van der Waals surface area contributed by atoms with Crippen LogP contribution in [0.15, 0.2) is 42.5 Å². The topological polar surface area (TPSA) is 64.6 Å². The number of amides is 1. The summed E-state index contributed by atoms with van der Waals surface area (Å²) in [6.45, 7) is 2.48. The first-order valence-electron chi connectivity index (χ1n) is 7.39. The second-order valence-electron chi connectivity index (χ2n) is 4.60. The smallest absolute Gasteiger partial charge is 0.408 e. The Hall–Kier alpha value is -2.78. The monoisotopic (exact) mass is 343 g/mol. The molecule has 0 aliphatic carbocycles. The van der Waals surface area contributed by atoms with Gasteiger partial charge in [-0.05, 0) is 24.6 Å². The summed E-state index contributed by atoms with van der Waals surface area (Å²) in [5.74, 6) is 5.34. The van der Waals surface area contributed by atoms with Gasteiger partial charge in [0.1, 0.15) is 11.5 Å². The van der Waals surface area contributed by atoms with Crippen molar-refractivity contribution in [3.05, 3.63) is 57.8 Å². The zero-order valence-corrected chi connectivity index (χ0v) is 14.0. The second-order valence-corrected chi connectivity index (χ2v) is 5.69. The first-order valence-corrected chi connectivity index (χ1v) is 8.21. The van der Waals surface area contributed by atoms with Crippen molar-refractivity contribution in [2.75, 3.05) is 13.2 Å². The standard InChI is InChI=1S/C18H17NO4S/c1-2-22-17(20)16-11-10-15(24-16)9-6-12-19-18(21)23-13-14-7-4-3-5-8-14/h3-5,7-8,10-11H,2,12-13H2,1H3,(H,19,21). The number of hydrogen-bond donors (Lipinski definition) is 1. The van der Waals surface area contributed by atoms with Crippen molar-refractivity contribution in [1.82, 2.24) is 5.32 Å². The summed E-state index contributed by atoms with van der Waals surface area (Å²) in [4.78, 5) is 24.3. The highest BCUT2D eigenvalue weighted by molar-refractivity contribution is 7.14. The average molecular weight is 343 g/mol. The van der Waals surface area contributed by atoms with Gasteiger partial charge >= 0.3 is 12.1 Å². The maximum atomic E-state index is 11.5. The molecule has 0 aliphatic heterocycles. The molecule has 0 fully saturated rings. The zero-order valence-electron chi connectivity index (χ0n) is 13.2. The Morgan fingerprint density at radius 1 is 1.12 bits per heavy atom. The van der Waals surface area contributed by atoms with E-state index in [1.54, 1.807) is 19.1 Å². The fraction of sp³-hybridized carbons (Fsp3) is 0.222. The molecule has 1 aromatic heterocycles. The van der Waals surface area contributed by atoms with Crippen LogP contribution in [0.4, 0.5) is 4.79 Å². The molecule has 24 heavy (non-hydrogen) atoms. The van der Waals surface area contributed by atoms with Crippen molar-refractivity contribution in [3.63, 3.8) is 0 Å². The molecular formula is C18H17NO4S. The van der Waals surface area contributed by atoms with E-state index in [-0.39, 0.29) is 19.1 Å². The van der Waals surface area contributed by atoms with Gasteiger partial charge in [-0.2, -0.15) is 0 Å². The van der Waals surface area contributed by atoms with Crippen LogP contribution >= 0.6 is 11.3 Å². The molecule has 2 aromatic rings. The SMILES string of the molecule is CCOC(=O)c1ccc(C#CCNC(=O)OCc2ccccc2)s1. The third-order valence-electron chi connectivity index (χ3n) is 2.83. The summed E-state index contributed by atoms with van der Waals surface area (Å²) < 4.78 is 9.98. The van der Waals surface area contributed by atoms with Gasteiger partial charge in [0.05, 0.1) is 18.0 Å². The number of rotatable bonds is 5. The van der Waals surface area contributed by atoms with Crippen molar-refractivity contribution in [2.45, 2.75) is 13.5 Å². The first kappa shape index (κ1) is 17.6. The van der Waals surface area contributed by atoms with Crippen molar-refractivity contribution in [3.8, 4) is 11.8 Å². The van der Waals surface area contributed by atoms with Crippen LogP contribution in [0.3, 0.4) is 0 Å². The highest BCUT2D eigenvalue weighted by Crippen LogP contribution is 2.16. The van der Waals surface area contributed by atoms with E-state index in [9.17, 15) is 9.59 Å². The number of hydrogen-bond acceptors (Lipinski definition) is 5. The second kappa shape index (κ2) is 9.38. The molecule has 5 nitrogen and oxygen atoms in total. The van der Waals surface area contributed by atoms with Crippen LogP contribution in [-0.4, -0.2) is 25.2 Å². The minimum Gasteiger partial charge on any atom is -0.462 e. The first-order chi connectivity index (χ1) is 11.7. The van der Waals surface area contributed by atoms with Gasteiger partial charge in [0, 0.05) is 0 Å². The lowest BCUT2D eigenvalue weighted by Crippen LogP contribution is -2.24. The zero-order chi connectivity index (χ0) is 17.2. The maximum absolute atomic E-state index is 11.5. The molecule has 1 heterocycles. The molecule has 0 bridgehead atoms. The summed E-state index contributed by atoms with van der Waals surface area (Å²) in [7, 11) is 0. The molecule has 124 valence electrons. The Morgan fingerprint density at radius 3 is 2.67 bits per heavy atom. The molecule has 0 aliphatic rings. The Balaban J connectivity index is 1.73. The molecule has 0 radical (unpaired) electrons. The number of nitrogens with one attached hydrogen (secondary N) is 1. The van der Waals surface area contributed by atoms with Crippen LogP contribution in [0.25, 0.3) is 0 Å². The number of alkyl carbamates (subject to hydrolysis) is 1. The lowest BCUT2D eigenvalue weighted by atomic mass is 10.2. The van der Waals surface area contributed by atoms with Crippen molar-refractivity contribution >= 4 is 23.4 Å². The van der Waals surface area contributed by atoms with E-state index in [0.29, 0.717) is 11.5 Å².